The molecule has 2 fully saturated rings. The fraction of sp³-hybridized carbons (Fsp3) is 0.917. The fourth-order valence-corrected chi connectivity index (χ4v) is 4.91. The minimum Gasteiger partial charge on any atom is -0.480 e. The first-order valence-corrected chi connectivity index (χ1v) is 8.32. The van der Waals surface area contributed by atoms with Crippen molar-refractivity contribution >= 4 is 16.2 Å². The van der Waals surface area contributed by atoms with E-state index in [-0.39, 0.29) is 0 Å². The van der Waals surface area contributed by atoms with Gasteiger partial charge in [0.25, 0.3) is 10.2 Å². The zero-order valence-electron chi connectivity index (χ0n) is 11.3. The summed E-state index contributed by atoms with van der Waals surface area (Å²) in [5.74, 6) is -0.690. The second-order valence-electron chi connectivity index (χ2n) is 5.57. The topological polar surface area (TPSA) is 77.9 Å². The number of nitrogens with zero attached hydrogens (tertiary/aromatic N) is 2. The first-order valence-electron chi connectivity index (χ1n) is 6.92. The van der Waals surface area contributed by atoms with Crippen LogP contribution in [0.25, 0.3) is 0 Å². The molecule has 2 unspecified atom stereocenters. The summed E-state index contributed by atoms with van der Waals surface area (Å²) in [5, 5.41) is 9.20. The maximum atomic E-state index is 12.6. The molecular weight excluding hydrogens is 268 g/mol. The molecule has 0 bridgehead atoms. The summed E-state index contributed by atoms with van der Waals surface area (Å²) in [7, 11) is -3.63. The van der Waals surface area contributed by atoms with Crippen LogP contribution in [0.4, 0.5) is 0 Å². The summed E-state index contributed by atoms with van der Waals surface area (Å²) in [5.41, 5.74) is 0. The van der Waals surface area contributed by atoms with E-state index in [9.17, 15) is 18.3 Å². The lowest BCUT2D eigenvalue weighted by molar-refractivity contribution is -0.142. The minimum atomic E-state index is -3.63. The highest BCUT2D eigenvalue weighted by Crippen LogP contribution is 2.26. The van der Waals surface area contributed by atoms with Crippen molar-refractivity contribution in [3.8, 4) is 0 Å². The molecule has 0 aliphatic carbocycles. The van der Waals surface area contributed by atoms with Gasteiger partial charge >= 0.3 is 5.97 Å². The lowest BCUT2D eigenvalue weighted by Crippen LogP contribution is -2.54. The van der Waals surface area contributed by atoms with Crippen LogP contribution in [0.3, 0.4) is 0 Å². The van der Waals surface area contributed by atoms with Gasteiger partial charge in [0, 0.05) is 19.6 Å². The van der Waals surface area contributed by atoms with Crippen LogP contribution in [0, 0.1) is 5.92 Å². The highest BCUT2D eigenvalue weighted by molar-refractivity contribution is 7.86. The molecule has 2 atom stereocenters. The standard InChI is InChI=1S/C12H22N2O4S/c1-10-5-4-7-13(9-10)19(17,18)14-8-3-2-6-11(14)12(15)16/h10-11H,2-9H2,1H3,(H,15,16). The molecule has 2 aliphatic rings. The minimum absolute atomic E-state index is 0.324. The van der Waals surface area contributed by atoms with Crippen molar-refractivity contribution in [2.75, 3.05) is 19.6 Å². The van der Waals surface area contributed by atoms with Crippen LogP contribution in [-0.2, 0) is 15.0 Å². The highest BCUT2D eigenvalue weighted by atomic mass is 32.2. The molecule has 2 aliphatic heterocycles. The van der Waals surface area contributed by atoms with E-state index in [1.807, 2.05) is 6.92 Å². The molecule has 0 amide bonds. The van der Waals surface area contributed by atoms with Crippen LogP contribution in [0.1, 0.15) is 39.0 Å². The highest BCUT2D eigenvalue weighted by Gasteiger charge is 2.40. The Hall–Kier alpha value is -0.660. The molecule has 19 heavy (non-hydrogen) atoms. The molecule has 2 heterocycles. The van der Waals surface area contributed by atoms with E-state index < -0.39 is 22.2 Å². The van der Waals surface area contributed by atoms with Crippen molar-refractivity contribution in [2.45, 2.75) is 45.1 Å². The van der Waals surface area contributed by atoms with Gasteiger partial charge in [-0.25, -0.2) is 0 Å². The average Bonchev–Trinajstić information content (AvgIpc) is 2.38. The largest absolute Gasteiger partial charge is 0.480 e. The molecule has 2 rings (SSSR count). The summed E-state index contributed by atoms with van der Waals surface area (Å²) in [6.45, 7) is 3.37. The number of hydrogen-bond acceptors (Lipinski definition) is 3. The van der Waals surface area contributed by atoms with E-state index in [2.05, 4.69) is 0 Å². The van der Waals surface area contributed by atoms with Gasteiger partial charge in [0.15, 0.2) is 0 Å². The molecular formula is C12H22N2O4S. The van der Waals surface area contributed by atoms with Crippen molar-refractivity contribution in [2.24, 2.45) is 5.92 Å². The number of rotatable bonds is 3. The second-order valence-corrected chi connectivity index (χ2v) is 7.45. The van der Waals surface area contributed by atoms with Crippen molar-refractivity contribution in [1.82, 2.24) is 8.61 Å². The Kier molecular flexibility index (Phi) is 4.47. The first-order chi connectivity index (χ1) is 8.93. The van der Waals surface area contributed by atoms with E-state index in [0.29, 0.717) is 32.0 Å². The monoisotopic (exact) mass is 290 g/mol. The van der Waals surface area contributed by atoms with Crippen molar-refractivity contribution in [1.29, 1.82) is 0 Å². The molecule has 2 saturated heterocycles. The average molecular weight is 290 g/mol. The SMILES string of the molecule is CC1CCCN(S(=O)(=O)N2CCCCC2C(=O)O)C1. The Morgan fingerprint density at radius 2 is 1.89 bits per heavy atom. The quantitative estimate of drug-likeness (QED) is 0.838. The third kappa shape index (κ3) is 3.09. The molecule has 7 heteroatoms. The molecule has 0 aromatic heterocycles. The van der Waals surface area contributed by atoms with Crippen LogP contribution in [-0.4, -0.2) is 53.8 Å². The van der Waals surface area contributed by atoms with Crippen LogP contribution in [0.2, 0.25) is 0 Å². The van der Waals surface area contributed by atoms with E-state index in [0.717, 1.165) is 25.7 Å². The Labute approximate surface area is 114 Å². The summed E-state index contributed by atoms with van der Waals surface area (Å²) in [6.07, 6.45) is 3.82. The predicted octanol–water partition coefficient (Wildman–Crippen LogP) is 0.902. The van der Waals surface area contributed by atoms with Crippen LogP contribution < -0.4 is 0 Å². The van der Waals surface area contributed by atoms with Crippen molar-refractivity contribution in [3.05, 3.63) is 0 Å². The van der Waals surface area contributed by atoms with Gasteiger partial charge in [-0.1, -0.05) is 6.92 Å². The summed E-state index contributed by atoms with van der Waals surface area (Å²) in [6, 6.07) is -0.893. The molecule has 0 aromatic carbocycles. The van der Waals surface area contributed by atoms with Crippen molar-refractivity contribution < 1.29 is 18.3 Å². The fourth-order valence-electron chi connectivity index (χ4n) is 2.93. The molecule has 0 saturated carbocycles. The van der Waals surface area contributed by atoms with Gasteiger partial charge in [0.1, 0.15) is 6.04 Å². The molecule has 0 spiro atoms. The molecule has 1 N–H and O–H groups in total. The van der Waals surface area contributed by atoms with Gasteiger partial charge in [0.2, 0.25) is 0 Å². The lowest BCUT2D eigenvalue weighted by Gasteiger charge is -2.38. The maximum Gasteiger partial charge on any atom is 0.322 e. The number of carbonyl (C=O) groups is 1. The Balaban J connectivity index is 2.19. The normalized spacial score (nSPS) is 31.2. The van der Waals surface area contributed by atoms with Crippen LogP contribution >= 0.6 is 0 Å². The van der Waals surface area contributed by atoms with E-state index in [1.54, 1.807) is 0 Å². The van der Waals surface area contributed by atoms with Gasteiger partial charge < -0.3 is 5.11 Å². The number of aliphatic carboxylic acids is 1. The first kappa shape index (κ1) is 14.7. The van der Waals surface area contributed by atoms with Gasteiger partial charge in [-0.05, 0) is 38.0 Å². The van der Waals surface area contributed by atoms with Crippen LogP contribution in [0.15, 0.2) is 0 Å². The summed E-state index contributed by atoms with van der Waals surface area (Å²) < 4.78 is 27.8. The second kappa shape index (κ2) is 5.76. The predicted molar refractivity (Wildman–Crippen MR) is 70.9 cm³/mol. The molecule has 0 radical (unpaired) electrons. The molecule has 6 nitrogen and oxygen atoms in total. The van der Waals surface area contributed by atoms with Gasteiger partial charge in [-0.3, -0.25) is 4.79 Å². The molecule has 110 valence electrons. The molecule has 0 aromatic rings. The van der Waals surface area contributed by atoms with E-state index in [4.69, 9.17) is 0 Å². The third-order valence-electron chi connectivity index (χ3n) is 3.98. The smallest absolute Gasteiger partial charge is 0.322 e. The van der Waals surface area contributed by atoms with Gasteiger partial charge in [-0.15, -0.1) is 0 Å². The van der Waals surface area contributed by atoms with E-state index >= 15 is 0 Å². The third-order valence-corrected chi connectivity index (χ3v) is 6.00. The number of carboxylic acids is 1. The zero-order chi connectivity index (χ0) is 14.0. The van der Waals surface area contributed by atoms with Gasteiger partial charge in [0.05, 0.1) is 0 Å². The summed E-state index contributed by atoms with van der Waals surface area (Å²) >= 11 is 0. The number of hydrogen-bond donors (Lipinski definition) is 1. The number of carboxylic acid groups (broad SMARTS) is 1. The lowest BCUT2D eigenvalue weighted by atomic mass is 10.0. The maximum absolute atomic E-state index is 12.6. The number of piperidine rings is 2. The summed E-state index contributed by atoms with van der Waals surface area (Å²) in [4.78, 5) is 11.2. The van der Waals surface area contributed by atoms with E-state index in [1.165, 1.54) is 8.61 Å². The Morgan fingerprint density at radius 3 is 2.53 bits per heavy atom. The van der Waals surface area contributed by atoms with Crippen molar-refractivity contribution in [3.63, 3.8) is 0 Å². The zero-order valence-corrected chi connectivity index (χ0v) is 12.1. The Bertz CT molecular complexity index is 437. The Morgan fingerprint density at radius 1 is 1.16 bits per heavy atom. The van der Waals surface area contributed by atoms with Crippen LogP contribution in [0.5, 0.6) is 0 Å². The van der Waals surface area contributed by atoms with Gasteiger partial charge in [-0.2, -0.15) is 17.0 Å².